The van der Waals surface area contributed by atoms with E-state index in [0.717, 1.165) is 50.3 Å². The van der Waals surface area contributed by atoms with Crippen LogP contribution in [0.2, 0.25) is 0 Å². The summed E-state index contributed by atoms with van der Waals surface area (Å²) in [7, 11) is -1.71. The quantitative estimate of drug-likeness (QED) is 0.638. The van der Waals surface area contributed by atoms with Crippen molar-refractivity contribution in [1.29, 1.82) is 0 Å². The minimum Gasteiger partial charge on any atom is -0.340 e. The molecule has 36 heavy (non-hydrogen) atoms. The Balaban J connectivity index is 1.26. The van der Waals surface area contributed by atoms with E-state index >= 15 is 0 Å². The van der Waals surface area contributed by atoms with Crippen molar-refractivity contribution < 1.29 is 13.2 Å². The minimum atomic E-state index is -3.51. The maximum Gasteiger partial charge on any atom is 0.249 e. The number of nitrogens with zero attached hydrogens (tertiary/aromatic N) is 4. The van der Waals surface area contributed by atoms with Crippen molar-refractivity contribution in [2.75, 3.05) is 48.3 Å². The van der Waals surface area contributed by atoms with Gasteiger partial charge in [0.25, 0.3) is 0 Å². The van der Waals surface area contributed by atoms with E-state index in [0.29, 0.717) is 29.5 Å². The van der Waals surface area contributed by atoms with Crippen LogP contribution in [0, 0.1) is 5.41 Å². The van der Waals surface area contributed by atoms with Gasteiger partial charge in [-0.3, -0.25) is 4.79 Å². The van der Waals surface area contributed by atoms with Crippen LogP contribution >= 0.6 is 0 Å². The fourth-order valence-electron chi connectivity index (χ4n) is 6.13. The number of hydrogen-bond acceptors (Lipinski definition) is 7. The van der Waals surface area contributed by atoms with Crippen LogP contribution in [-0.2, 0) is 14.8 Å². The lowest BCUT2D eigenvalue weighted by atomic mass is 9.65. The zero-order valence-corrected chi connectivity index (χ0v) is 21.7. The van der Waals surface area contributed by atoms with Gasteiger partial charge in [0.2, 0.25) is 15.9 Å². The molecule has 2 N–H and O–H groups in total. The number of benzene rings is 1. The van der Waals surface area contributed by atoms with Crippen molar-refractivity contribution in [2.24, 2.45) is 5.41 Å². The molecule has 9 nitrogen and oxygen atoms in total. The molecule has 2 aromatic rings. The lowest BCUT2D eigenvalue weighted by molar-refractivity contribution is -0.119. The second kappa shape index (κ2) is 8.71. The van der Waals surface area contributed by atoms with Crippen molar-refractivity contribution in [1.82, 2.24) is 14.6 Å². The molecule has 1 amide bonds. The molecular weight excluding hydrogens is 476 g/mol. The molecule has 3 aliphatic heterocycles. The number of nitrogens with one attached hydrogen (secondary N) is 2. The number of sulfonamides is 1. The molecule has 1 spiro atoms. The summed E-state index contributed by atoms with van der Waals surface area (Å²) < 4.78 is 28.0. The highest BCUT2D eigenvalue weighted by Gasteiger charge is 2.51. The van der Waals surface area contributed by atoms with Crippen LogP contribution in [0.1, 0.15) is 39.0 Å². The second-order valence-electron chi connectivity index (χ2n) is 10.8. The van der Waals surface area contributed by atoms with E-state index < -0.39 is 10.0 Å². The smallest absolute Gasteiger partial charge is 0.249 e. The summed E-state index contributed by atoms with van der Waals surface area (Å²) in [5.74, 6) is 1.47. The lowest BCUT2D eigenvalue weighted by Crippen LogP contribution is -2.61. The molecule has 192 valence electrons. The standard InChI is InChI=1S/C26H34N6O3S/c1-18-25(33)30(2)22-7-8-23(29-24(22)32(18)20-9-13-27-14-10-20)28-19-5-3-6-21(15-19)36(34,35)31-16-26(17-31)11-4-12-26/h3,5-8,15,18,20,27H,4,9-14,16-17H2,1-2H3,(H,28,29)/t18-/m1/s1. The predicted molar refractivity (Wildman–Crippen MR) is 140 cm³/mol. The molecular formula is C26H34N6O3S. The van der Waals surface area contributed by atoms with Gasteiger partial charge >= 0.3 is 0 Å². The summed E-state index contributed by atoms with van der Waals surface area (Å²) in [5, 5.41) is 6.70. The number of anilines is 4. The third-order valence-electron chi connectivity index (χ3n) is 8.45. The molecule has 2 saturated heterocycles. The Morgan fingerprint density at radius 1 is 1.11 bits per heavy atom. The summed E-state index contributed by atoms with van der Waals surface area (Å²) in [6.45, 7) is 5.06. The summed E-state index contributed by atoms with van der Waals surface area (Å²) in [5.41, 5.74) is 1.70. The summed E-state index contributed by atoms with van der Waals surface area (Å²) >= 11 is 0. The zero-order valence-electron chi connectivity index (χ0n) is 20.9. The number of pyridine rings is 1. The molecule has 0 bridgehead atoms. The van der Waals surface area contributed by atoms with Crippen LogP contribution in [-0.4, -0.2) is 68.9 Å². The normalized spacial score (nSPS) is 24.3. The first-order chi connectivity index (χ1) is 17.3. The molecule has 1 saturated carbocycles. The Morgan fingerprint density at radius 2 is 1.86 bits per heavy atom. The summed E-state index contributed by atoms with van der Waals surface area (Å²) in [6.07, 6.45) is 5.39. The maximum absolute atomic E-state index is 13.2. The highest BCUT2D eigenvalue weighted by Crippen LogP contribution is 2.49. The fraction of sp³-hybridized carbons (Fsp3) is 0.538. The minimum absolute atomic E-state index is 0.0659. The lowest BCUT2D eigenvalue weighted by Gasteiger charge is -2.54. The Labute approximate surface area is 212 Å². The van der Waals surface area contributed by atoms with E-state index in [1.165, 1.54) is 6.42 Å². The molecule has 4 aliphatic rings. The van der Waals surface area contributed by atoms with E-state index in [9.17, 15) is 13.2 Å². The third kappa shape index (κ3) is 3.86. The van der Waals surface area contributed by atoms with Gasteiger partial charge in [-0.05, 0) is 81.4 Å². The van der Waals surface area contributed by atoms with Crippen molar-refractivity contribution in [3.05, 3.63) is 36.4 Å². The van der Waals surface area contributed by atoms with Gasteiger partial charge in [0.05, 0.1) is 10.6 Å². The SMILES string of the molecule is C[C@@H]1C(=O)N(C)c2ccc(Nc3cccc(S(=O)(=O)N4CC5(CCC5)C4)c3)nc2N1C1CCNCC1. The highest BCUT2D eigenvalue weighted by atomic mass is 32.2. The Bertz CT molecular complexity index is 1280. The van der Waals surface area contributed by atoms with E-state index in [2.05, 4.69) is 15.5 Å². The van der Waals surface area contributed by atoms with Crippen molar-refractivity contribution in [3.8, 4) is 0 Å². The number of piperidine rings is 1. The number of likely N-dealkylation sites (N-methyl/N-ethyl adjacent to an activating group) is 1. The van der Waals surface area contributed by atoms with E-state index in [1.54, 1.807) is 34.5 Å². The zero-order chi connectivity index (χ0) is 25.1. The Morgan fingerprint density at radius 3 is 2.56 bits per heavy atom. The van der Waals surface area contributed by atoms with Gasteiger partial charge in [-0.2, -0.15) is 4.31 Å². The number of aromatic nitrogens is 1. The molecule has 3 fully saturated rings. The molecule has 1 aromatic carbocycles. The number of rotatable bonds is 5. The average Bonchev–Trinajstić information content (AvgIpc) is 2.82. The van der Waals surface area contributed by atoms with Gasteiger partial charge in [-0.1, -0.05) is 12.5 Å². The fourth-order valence-corrected chi connectivity index (χ4v) is 7.85. The first kappa shape index (κ1) is 23.7. The van der Waals surface area contributed by atoms with Crippen LogP contribution in [0.5, 0.6) is 0 Å². The van der Waals surface area contributed by atoms with Crippen molar-refractivity contribution in [2.45, 2.75) is 56.0 Å². The molecule has 1 aliphatic carbocycles. The second-order valence-corrected chi connectivity index (χ2v) is 12.7. The Hall–Kier alpha value is -2.69. The topological polar surface area (TPSA) is 97.9 Å². The van der Waals surface area contributed by atoms with Gasteiger partial charge in [-0.25, -0.2) is 13.4 Å². The van der Waals surface area contributed by atoms with Crippen LogP contribution in [0.25, 0.3) is 0 Å². The first-order valence-electron chi connectivity index (χ1n) is 12.9. The van der Waals surface area contributed by atoms with Gasteiger partial charge in [0.1, 0.15) is 11.9 Å². The maximum atomic E-state index is 13.2. The van der Waals surface area contributed by atoms with Crippen LogP contribution in [0.3, 0.4) is 0 Å². The highest BCUT2D eigenvalue weighted by molar-refractivity contribution is 7.89. The molecule has 0 unspecified atom stereocenters. The van der Waals surface area contributed by atoms with E-state index in [4.69, 9.17) is 4.98 Å². The number of carbonyl (C=O) groups is 1. The Kier molecular flexibility index (Phi) is 5.73. The molecule has 1 aromatic heterocycles. The van der Waals surface area contributed by atoms with Crippen LogP contribution in [0.15, 0.2) is 41.3 Å². The van der Waals surface area contributed by atoms with Crippen LogP contribution in [0.4, 0.5) is 23.0 Å². The molecule has 10 heteroatoms. The first-order valence-corrected chi connectivity index (χ1v) is 14.4. The number of amides is 1. The monoisotopic (exact) mass is 510 g/mol. The van der Waals surface area contributed by atoms with E-state index in [1.807, 2.05) is 25.1 Å². The van der Waals surface area contributed by atoms with E-state index in [-0.39, 0.29) is 23.4 Å². The van der Waals surface area contributed by atoms with Crippen LogP contribution < -0.4 is 20.4 Å². The summed E-state index contributed by atoms with van der Waals surface area (Å²) in [6, 6.07) is 10.7. The van der Waals surface area contributed by atoms with Gasteiger partial charge in [-0.15, -0.1) is 0 Å². The average molecular weight is 511 g/mol. The predicted octanol–water partition coefficient (Wildman–Crippen LogP) is 2.92. The largest absolute Gasteiger partial charge is 0.340 e. The van der Waals surface area contributed by atoms with Crippen molar-refractivity contribution in [3.63, 3.8) is 0 Å². The molecule has 4 heterocycles. The van der Waals surface area contributed by atoms with Gasteiger partial charge in [0.15, 0.2) is 5.82 Å². The summed E-state index contributed by atoms with van der Waals surface area (Å²) in [4.78, 5) is 22.0. The third-order valence-corrected chi connectivity index (χ3v) is 10.2. The van der Waals surface area contributed by atoms with Gasteiger partial charge in [0, 0.05) is 31.9 Å². The number of hydrogen-bond donors (Lipinski definition) is 2. The molecule has 6 rings (SSSR count). The molecule has 0 radical (unpaired) electrons. The molecule has 1 atom stereocenters. The van der Waals surface area contributed by atoms with Crippen molar-refractivity contribution >= 4 is 38.9 Å². The number of fused-ring (bicyclic) bond motifs is 1. The number of carbonyl (C=O) groups excluding carboxylic acids is 1. The van der Waals surface area contributed by atoms with Gasteiger partial charge < -0.3 is 20.4 Å².